The van der Waals surface area contributed by atoms with Crippen LogP contribution in [0.15, 0.2) is 109 Å². The highest BCUT2D eigenvalue weighted by Gasteiger charge is 2.33. The Bertz CT molecular complexity index is 1550. The van der Waals surface area contributed by atoms with Gasteiger partial charge in [-0.15, -0.1) is 0 Å². The second-order valence-electron chi connectivity index (χ2n) is 8.38. The lowest BCUT2D eigenvalue weighted by atomic mass is 10.0. The average molecular weight is 548 g/mol. The third kappa shape index (κ3) is 7.00. The molecule has 196 valence electrons. The van der Waals surface area contributed by atoms with Crippen LogP contribution in [0, 0.1) is 5.41 Å². The number of ketones is 1. The van der Waals surface area contributed by atoms with Gasteiger partial charge in [-0.25, -0.2) is 0 Å². The molecule has 0 unspecified atom stereocenters. The lowest BCUT2D eigenvalue weighted by Crippen LogP contribution is -2.20. The maximum Gasteiger partial charge on any atom is 0.432 e. The van der Waals surface area contributed by atoms with Crippen molar-refractivity contribution in [2.45, 2.75) is 6.18 Å². The number of anilines is 2. The topological polar surface area (TPSA) is 82.1 Å². The summed E-state index contributed by atoms with van der Waals surface area (Å²) in [5.74, 6) is -0.663. The van der Waals surface area contributed by atoms with Gasteiger partial charge in [0.1, 0.15) is 5.71 Å². The molecule has 4 aromatic carbocycles. The molecular weight excluding hydrogens is 527 g/mol. The van der Waals surface area contributed by atoms with Crippen LogP contribution in [0.4, 0.5) is 24.5 Å². The quantitative estimate of drug-likeness (QED) is 0.155. The number of carbonyl (C=O) groups excluding carboxylic acids is 2. The van der Waals surface area contributed by atoms with Crippen molar-refractivity contribution in [3.05, 3.63) is 136 Å². The number of allylic oxidation sites excluding steroid dienone is 1. The van der Waals surface area contributed by atoms with E-state index in [0.29, 0.717) is 34.1 Å². The number of rotatable bonds is 8. The number of carbonyl (C=O) groups is 2. The summed E-state index contributed by atoms with van der Waals surface area (Å²) in [6, 6.07) is 27.6. The molecule has 0 atom stereocenters. The van der Waals surface area contributed by atoms with Crippen molar-refractivity contribution in [2.24, 2.45) is 0 Å². The molecule has 0 fully saturated rings. The minimum Gasteiger partial charge on any atom is -0.354 e. The first-order chi connectivity index (χ1) is 18.6. The van der Waals surface area contributed by atoms with Crippen LogP contribution in [-0.4, -0.2) is 23.6 Å². The molecule has 0 bridgehead atoms. The Morgan fingerprint density at radius 1 is 0.718 bits per heavy atom. The van der Waals surface area contributed by atoms with Gasteiger partial charge in [0.05, 0.1) is 10.7 Å². The van der Waals surface area contributed by atoms with Gasteiger partial charge in [0.15, 0.2) is 5.78 Å². The van der Waals surface area contributed by atoms with Crippen LogP contribution in [0.2, 0.25) is 5.02 Å². The predicted octanol–water partition coefficient (Wildman–Crippen LogP) is 7.86. The van der Waals surface area contributed by atoms with E-state index in [1.165, 1.54) is 24.3 Å². The van der Waals surface area contributed by atoms with Crippen molar-refractivity contribution in [2.75, 3.05) is 10.6 Å². The smallest absolute Gasteiger partial charge is 0.354 e. The summed E-state index contributed by atoms with van der Waals surface area (Å²) in [5, 5.41) is 13.3. The summed E-state index contributed by atoms with van der Waals surface area (Å²) in [6.45, 7) is 0. The van der Waals surface area contributed by atoms with Crippen molar-refractivity contribution in [1.82, 2.24) is 0 Å². The fourth-order valence-electron chi connectivity index (χ4n) is 3.62. The van der Waals surface area contributed by atoms with E-state index in [4.69, 9.17) is 17.0 Å². The third-order valence-corrected chi connectivity index (χ3v) is 5.94. The highest BCUT2D eigenvalue weighted by Crippen LogP contribution is 2.28. The number of hydrogen-bond acceptors (Lipinski definition) is 4. The van der Waals surface area contributed by atoms with Gasteiger partial charge in [-0.05, 0) is 48.0 Å². The minimum atomic E-state index is -4.84. The molecule has 0 spiro atoms. The molecule has 0 heterocycles. The van der Waals surface area contributed by atoms with Crippen molar-refractivity contribution >= 4 is 46.1 Å². The SMILES string of the molecule is N=C(/C=C(\Nc1ccccc1Cl)c1ccc(C(=O)Nc2cccc(C(=O)c3ccccc3)c2)cc1)C(F)(F)F. The summed E-state index contributed by atoms with van der Waals surface area (Å²) < 4.78 is 39.3. The van der Waals surface area contributed by atoms with E-state index in [1.54, 1.807) is 72.8 Å². The Kier molecular flexibility index (Phi) is 8.27. The molecule has 3 N–H and O–H groups in total. The summed E-state index contributed by atoms with van der Waals surface area (Å²) in [6.07, 6.45) is -4.18. The second kappa shape index (κ2) is 11.8. The fourth-order valence-corrected chi connectivity index (χ4v) is 3.81. The van der Waals surface area contributed by atoms with Crippen molar-refractivity contribution < 1.29 is 22.8 Å². The predicted molar refractivity (Wildman–Crippen MR) is 148 cm³/mol. The lowest BCUT2D eigenvalue weighted by molar-refractivity contribution is -0.0583. The van der Waals surface area contributed by atoms with Gasteiger partial charge >= 0.3 is 6.18 Å². The third-order valence-electron chi connectivity index (χ3n) is 5.61. The number of nitrogens with one attached hydrogen (secondary N) is 3. The zero-order valence-electron chi connectivity index (χ0n) is 20.2. The highest BCUT2D eigenvalue weighted by molar-refractivity contribution is 6.33. The van der Waals surface area contributed by atoms with Crippen LogP contribution in [-0.2, 0) is 0 Å². The summed E-state index contributed by atoms with van der Waals surface area (Å²) in [4.78, 5) is 25.6. The Morgan fingerprint density at radius 3 is 2.00 bits per heavy atom. The van der Waals surface area contributed by atoms with Crippen LogP contribution in [0.5, 0.6) is 0 Å². The second-order valence-corrected chi connectivity index (χ2v) is 8.79. The first-order valence-corrected chi connectivity index (χ1v) is 12.0. The molecule has 9 heteroatoms. The van der Waals surface area contributed by atoms with Gasteiger partial charge in [0, 0.05) is 28.1 Å². The molecular formula is C30H21ClF3N3O2. The molecule has 4 aromatic rings. The zero-order chi connectivity index (χ0) is 28.0. The largest absolute Gasteiger partial charge is 0.432 e. The summed E-state index contributed by atoms with van der Waals surface area (Å²) >= 11 is 6.15. The number of halogens is 4. The van der Waals surface area contributed by atoms with E-state index in [2.05, 4.69) is 10.6 Å². The Hall–Kier alpha value is -4.69. The summed E-state index contributed by atoms with van der Waals surface area (Å²) in [5.41, 5.74) is 0.648. The molecule has 0 aliphatic carbocycles. The van der Waals surface area contributed by atoms with E-state index < -0.39 is 17.8 Å². The standard InChI is InChI=1S/C30H21ClF3N3O2/c31-24-11-4-5-12-25(24)37-26(18-27(35)30(32,33)34)19-13-15-21(16-14-19)29(39)36-23-10-6-9-22(17-23)28(38)20-7-2-1-3-8-20/h1-18,35,37H,(H,36,39)/b26-18-,35-27?. The minimum absolute atomic E-state index is 0.0236. The van der Waals surface area contributed by atoms with E-state index in [0.717, 1.165) is 0 Å². The van der Waals surface area contributed by atoms with Crippen LogP contribution in [0.1, 0.15) is 31.8 Å². The molecule has 0 aliphatic rings. The van der Waals surface area contributed by atoms with Crippen molar-refractivity contribution in [3.8, 4) is 0 Å². The molecule has 0 saturated heterocycles. The van der Waals surface area contributed by atoms with E-state index >= 15 is 0 Å². The maximum absolute atomic E-state index is 13.1. The summed E-state index contributed by atoms with van der Waals surface area (Å²) in [7, 11) is 0. The lowest BCUT2D eigenvalue weighted by Gasteiger charge is -2.15. The number of amides is 1. The molecule has 0 aromatic heterocycles. The molecule has 0 saturated carbocycles. The fraction of sp³-hybridized carbons (Fsp3) is 0.0333. The van der Waals surface area contributed by atoms with Crippen LogP contribution < -0.4 is 10.6 Å². The first-order valence-electron chi connectivity index (χ1n) is 11.6. The van der Waals surface area contributed by atoms with Crippen LogP contribution in [0.3, 0.4) is 0 Å². The van der Waals surface area contributed by atoms with Gasteiger partial charge in [-0.2, -0.15) is 13.2 Å². The van der Waals surface area contributed by atoms with Crippen molar-refractivity contribution in [1.29, 1.82) is 5.41 Å². The van der Waals surface area contributed by atoms with Crippen molar-refractivity contribution in [3.63, 3.8) is 0 Å². The number of hydrogen-bond donors (Lipinski definition) is 3. The van der Waals surface area contributed by atoms with E-state index in [9.17, 15) is 22.8 Å². The Labute approximate surface area is 227 Å². The number of para-hydroxylation sites is 1. The Morgan fingerprint density at radius 2 is 1.33 bits per heavy atom. The molecule has 4 rings (SSSR count). The Balaban J connectivity index is 1.54. The highest BCUT2D eigenvalue weighted by atomic mass is 35.5. The van der Waals surface area contributed by atoms with Crippen LogP contribution in [0.25, 0.3) is 5.70 Å². The molecule has 0 aliphatic heterocycles. The molecule has 0 radical (unpaired) electrons. The number of alkyl halides is 3. The van der Waals surface area contributed by atoms with Gasteiger partial charge in [0.25, 0.3) is 5.91 Å². The monoisotopic (exact) mass is 547 g/mol. The normalized spacial score (nSPS) is 11.5. The maximum atomic E-state index is 13.1. The molecule has 39 heavy (non-hydrogen) atoms. The van der Waals surface area contributed by atoms with Gasteiger partial charge in [0.2, 0.25) is 0 Å². The van der Waals surface area contributed by atoms with E-state index in [-0.39, 0.29) is 22.1 Å². The zero-order valence-corrected chi connectivity index (χ0v) is 21.0. The van der Waals surface area contributed by atoms with Crippen LogP contribution >= 0.6 is 11.6 Å². The average Bonchev–Trinajstić information content (AvgIpc) is 2.93. The van der Waals surface area contributed by atoms with E-state index in [1.807, 2.05) is 6.07 Å². The van der Waals surface area contributed by atoms with Gasteiger partial charge in [-0.1, -0.05) is 78.3 Å². The molecule has 5 nitrogen and oxygen atoms in total. The van der Waals surface area contributed by atoms with Gasteiger partial charge < -0.3 is 10.6 Å². The molecule has 1 amide bonds. The number of benzene rings is 4. The van der Waals surface area contributed by atoms with Gasteiger partial charge in [-0.3, -0.25) is 15.0 Å². The first kappa shape index (κ1) is 27.3.